The first kappa shape index (κ1) is 12.5. The summed E-state index contributed by atoms with van der Waals surface area (Å²) in [6.07, 6.45) is 6.23. The van der Waals surface area contributed by atoms with Crippen LogP contribution >= 0.6 is 11.6 Å². The molecule has 0 N–H and O–H groups in total. The minimum atomic E-state index is -0.351. The number of allylic oxidation sites excluding steroid dienone is 1. The first-order valence-corrected chi connectivity index (χ1v) is 5.86. The first-order chi connectivity index (χ1) is 8.66. The van der Waals surface area contributed by atoms with Crippen LogP contribution in [-0.2, 0) is 4.79 Å². The number of carbonyl (C=O) groups excluding carboxylic acids is 1. The molecule has 4 nitrogen and oxygen atoms in total. The van der Waals surface area contributed by atoms with E-state index in [9.17, 15) is 4.79 Å². The highest BCUT2D eigenvalue weighted by atomic mass is 35.5. The quantitative estimate of drug-likeness (QED) is 0.795. The Bertz CT molecular complexity index is 546. The van der Waals surface area contributed by atoms with Crippen molar-refractivity contribution in [1.82, 2.24) is 14.8 Å². The maximum Gasteiger partial charge on any atom is 0.179 e. The number of halogens is 1. The van der Waals surface area contributed by atoms with Crippen LogP contribution in [0.25, 0.3) is 6.08 Å². The lowest BCUT2D eigenvalue weighted by molar-refractivity contribution is -0.117. The summed E-state index contributed by atoms with van der Waals surface area (Å²) in [5.41, 5.74) is 0.929. The van der Waals surface area contributed by atoms with Crippen LogP contribution in [-0.4, -0.2) is 20.5 Å². The molecule has 92 valence electrons. The van der Waals surface area contributed by atoms with Gasteiger partial charge in [0.05, 0.1) is 0 Å². The van der Waals surface area contributed by atoms with E-state index in [4.69, 9.17) is 11.6 Å². The molecule has 0 fully saturated rings. The zero-order valence-electron chi connectivity index (χ0n) is 9.82. The van der Waals surface area contributed by atoms with Crippen LogP contribution in [0.4, 0.5) is 0 Å². The summed E-state index contributed by atoms with van der Waals surface area (Å²) >= 11 is 5.78. The Morgan fingerprint density at radius 3 is 2.72 bits per heavy atom. The fourth-order valence-electron chi connectivity index (χ4n) is 1.44. The zero-order chi connectivity index (χ0) is 13.0. The molecule has 1 atom stereocenters. The highest BCUT2D eigenvalue weighted by Gasteiger charge is 2.11. The highest BCUT2D eigenvalue weighted by Crippen LogP contribution is 2.12. The van der Waals surface area contributed by atoms with E-state index in [0.717, 1.165) is 5.56 Å². The number of aromatic nitrogens is 3. The van der Waals surface area contributed by atoms with Gasteiger partial charge in [0, 0.05) is 5.02 Å². The second-order valence-electron chi connectivity index (χ2n) is 3.84. The first-order valence-electron chi connectivity index (χ1n) is 5.48. The lowest BCUT2D eigenvalue weighted by atomic mass is 10.1. The fourth-order valence-corrected chi connectivity index (χ4v) is 1.57. The molecule has 1 aromatic heterocycles. The fraction of sp³-hybridized carbons (Fsp3) is 0.154. The van der Waals surface area contributed by atoms with Gasteiger partial charge in [-0.2, -0.15) is 5.10 Å². The Morgan fingerprint density at radius 2 is 2.11 bits per heavy atom. The summed E-state index contributed by atoms with van der Waals surface area (Å²) in [4.78, 5) is 15.7. The SMILES string of the molecule is CC(C(=O)/C=C/c1ccc(Cl)cc1)n1cncn1. The molecule has 2 aromatic rings. The van der Waals surface area contributed by atoms with Crippen molar-refractivity contribution in [3.8, 4) is 0 Å². The van der Waals surface area contributed by atoms with E-state index in [1.165, 1.54) is 23.4 Å². The summed E-state index contributed by atoms with van der Waals surface area (Å²) in [5.74, 6) is -0.0320. The maximum atomic E-state index is 11.9. The molecule has 0 aliphatic heterocycles. The van der Waals surface area contributed by atoms with Gasteiger partial charge in [-0.15, -0.1) is 0 Å². The van der Waals surface area contributed by atoms with Gasteiger partial charge in [-0.05, 0) is 30.7 Å². The highest BCUT2D eigenvalue weighted by molar-refractivity contribution is 6.30. The molecule has 5 heteroatoms. The predicted molar refractivity (Wildman–Crippen MR) is 70.2 cm³/mol. The normalized spacial score (nSPS) is 12.8. The van der Waals surface area contributed by atoms with Crippen LogP contribution in [0.5, 0.6) is 0 Å². The summed E-state index contributed by atoms with van der Waals surface area (Å²) in [6.45, 7) is 1.78. The summed E-state index contributed by atoms with van der Waals surface area (Å²) in [6, 6.07) is 6.92. The third-order valence-corrected chi connectivity index (χ3v) is 2.81. The van der Waals surface area contributed by atoms with Crippen molar-refractivity contribution in [2.75, 3.05) is 0 Å². The van der Waals surface area contributed by atoms with E-state index >= 15 is 0 Å². The topological polar surface area (TPSA) is 47.8 Å². The molecule has 0 bridgehead atoms. The molecule has 1 unspecified atom stereocenters. The maximum absolute atomic E-state index is 11.9. The van der Waals surface area contributed by atoms with Crippen LogP contribution in [0.2, 0.25) is 5.02 Å². The Kier molecular flexibility index (Phi) is 3.89. The second kappa shape index (κ2) is 5.60. The van der Waals surface area contributed by atoms with Crippen LogP contribution < -0.4 is 0 Å². The lowest BCUT2D eigenvalue weighted by Crippen LogP contribution is -2.14. The van der Waals surface area contributed by atoms with Crippen LogP contribution in [0, 0.1) is 0 Å². The van der Waals surface area contributed by atoms with Gasteiger partial charge in [0.1, 0.15) is 18.7 Å². The molecule has 18 heavy (non-hydrogen) atoms. The number of ketones is 1. The van der Waals surface area contributed by atoms with Gasteiger partial charge in [0.25, 0.3) is 0 Å². The Labute approximate surface area is 110 Å². The van der Waals surface area contributed by atoms with Gasteiger partial charge in [-0.3, -0.25) is 4.79 Å². The van der Waals surface area contributed by atoms with Crippen LogP contribution in [0.1, 0.15) is 18.5 Å². The molecule has 1 aromatic carbocycles. The number of nitrogens with zero attached hydrogens (tertiary/aromatic N) is 3. The molecule has 0 saturated carbocycles. The summed E-state index contributed by atoms with van der Waals surface area (Å²) in [5, 5.41) is 4.61. The number of hydrogen-bond acceptors (Lipinski definition) is 3. The van der Waals surface area contributed by atoms with Crippen molar-refractivity contribution in [2.24, 2.45) is 0 Å². The van der Waals surface area contributed by atoms with Gasteiger partial charge in [-0.1, -0.05) is 29.8 Å². The summed E-state index contributed by atoms with van der Waals surface area (Å²) in [7, 11) is 0. The Balaban J connectivity index is 2.05. The third-order valence-electron chi connectivity index (χ3n) is 2.56. The van der Waals surface area contributed by atoms with E-state index in [1.54, 1.807) is 25.1 Å². The lowest BCUT2D eigenvalue weighted by Gasteiger charge is -2.06. The molecule has 0 amide bonds. The molecular formula is C13H12ClN3O. The smallest absolute Gasteiger partial charge is 0.179 e. The number of hydrogen-bond donors (Lipinski definition) is 0. The number of benzene rings is 1. The predicted octanol–water partition coefficient (Wildman–Crippen LogP) is 2.78. The van der Waals surface area contributed by atoms with E-state index in [-0.39, 0.29) is 11.8 Å². The zero-order valence-corrected chi connectivity index (χ0v) is 10.6. The van der Waals surface area contributed by atoms with Crippen molar-refractivity contribution in [3.63, 3.8) is 0 Å². The monoisotopic (exact) mass is 261 g/mol. The summed E-state index contributed by atoms with van der Waals surface area (Å²) < 4.78 is 1.52. The van der Waals surface area contributed by atoms with Crippen molar-refractivity contribution < 1.29 is 4.79 Å². The number of carbonyl (C=O) groups is 1. The average Bonchev–Trinajstić information content (AvgIpc) is 2.90. The Morgan fingerprint density at radius 1 is 1.39 bits per heavy atom. The van der Waals surface area contributed by atoms with Gasteiger partial charge < -0.3 is 0 Å². The molecular weight excluding hydrogens is 250 g/mol. The van der Waals surface area contributed by atoms with E-state index in [0.29, 0.717) is 5.02 Å². The van der Waals surface area contributed by atoms with Gasteiger partial charge in [-0.25, -0.2) is 9.67 Å². The molecule has 1 heterocycles. The van der Waals surface area contributed by atoms with Crippen LogP contribution in [0.3, 0.4) is 0 Å². The van der Waals surface area contributed by atoms with Gasteiger partial charge in [0.2, 0.25) is 0 Å². The van der Waals surface area contributed by atoms with Gasteiger partial charge >= 0.3 is 0 Å². The number of rotatable bonds is 4. The molecule has 0 aliphatic carbocycles. The minimum absolute atomic E-state index is 0.0320. The standard InChI is InChI=1S/C13H12ClN3O/c1-10(17-9-15-8-16-17)13(18)7-4-11-2-5-12(14)6-3-11/h2-10H,1H3/b7-4+. The molecule has 0 aliphatic rings. The van der Waals surface area contributed by atoms with Crippen molar-refractivity contribution in [1.29, 1.82) is 0 Å². The van der Waals surface area contributed by atoms with Gasteiger partial charge in [0.15, 0.2) is 5.78 Å². The minimum Gasteiger partial charge on any atom is -0.292 e. The Hall–Kier alpha value is -1.94. The molecule has 2 rings (SSSR count). The molecule has 0 saturated heterocycles. The van der Waals surface area contributed by atoms with E-state index < -0.39 is 0 Å². The van der Waals surface area contributed by atoms with E-state index in [2.05, 4.69) is 10.1 Å². The van der Waals surface area contributed by atoms with Crippen LogP contribution in [0.15, 0.2) is 43.0 Å². The van der Waals surface area contributed by atoms with Crippen molar-refractivity contribution >= 4 is 23.5 Å². The largest absolute Gasteiger partial charge is 0.292 e. The molecule has 0 radical (unpaired) electrons. The van der Waals surface area contributed by atoms with E-state index in [1.807, 2.05) is 12.1 Å². The second-order valence-corrected chi connectivity index (χ2v) is 4.28. The molecule has 0 spiro atoms. The van der Waals surface area contributed by atoms with Crippen molar-refractivity contribution in [2.45, 2.75) is 13.0 Å². The van der Waals surface area contributed by atoms with Crippen molar-refractivity contribution in [3.05, 3.63) is 53.6 Å². The third kappa shape index (κ3) is 3.05. The average molecular weight is 262 g/mol.